The molecule has 0 unspecified atom stereocenters. The Balaban J connectivity index is 1.29. The Labute approximate surface area is 433 Å². The van der Waals surface area contributed by atoms with Crippen molar-refractivity contribution in [3.8, 4) is 79.4 Å². The van der Waals surface area contributed by atoms with Gasteiger partial charge in [-0.05, 0) is 70.8 Å². The fraction of sp³-hybridized carbons (Fsp3) is 0.333. The third-order valence-electron chi connectivity index (χ3n) is 12.7. The van der Waals surface area contributed by atoms with Crippen LogP contribution in [-0.4, -0.2) is 164 Å². The van der Waals surface area contributed by atoms with Gasteiger partial charge in [-0.2, -0.15) is 0 Å². The zero-order valence-electron chi connectivity index (χ0n) is 43.0. The van der Waals surface area contributed by atoms with E-state index in [-0.39, 0.29) is 43.3 Å². The maximum absolute atomic E-state index is 12.7. The van der Waals surface area contributed by atoms with Crippen molar-refractivity contribution < 1.29 is 72.7 Å². The van der Waals surface area contributed by atoms with Gasteiger partial charge in [0.1, 0.15) is 63.1 Å². The van der Waals surface area contributed by atoms with Gasteiger partial charge in [0.05, 0.1) is 97.3 Å². The van der Waals surface area contributed by atoms with Crippen LogP contribution >= 0.6 is 0 Å². The van der Waals surface area contributed by atoms with Crippen LogP contribution in [0.1, 0.15) is 54.1 Å². The van der Waals surface area contributed by atoms with Crippen LogP contribution in [0.5, 0.6) is 46.0 Å². The fourth-order valence-electron chi connectivity index (χ4n) is 9.04. The number of aliphatic hydroxyl groups excluding tert-OH is 1. The lowest BCUT2D eigenvalue weighted by Crippen LogP contribution is -2.36. The highest BCUT2D eigenvalue weighted by Crippen LogP contribution is 2.44. The van der Waals surface area contributed by atoms with Gasteiger partial charge in [-0.1, -0.05) is 0 Å². The molecule has 1 fully saturated rings. The van der Waals surface area contributed by atoms with Crippen molar-refractivity contribution in [2.75, 3.05) is 96.1 Å². The van der Waals surface area contributed by atoms with E-state index in [1.54, 1.807) is 54.6 Å². The van der Waals surface area contributed by atoms with E-state index in [0.717, 1.165) is 0 Å². The average Bonchev–Trinajstić information content (AvgIpc) is 3.51. The summed E-state index contributed by atoms with van der Waals surface area (Å²) in [4.78, 5) is 58.2. The number of rotatable bonds is 21. The Morgan fingerprint density at radius 3 is 0.867 bits per heavy atom. The van der Waals surface area contributed by atoms with Gasteiger partial charge in [-0.25, -0.2) is 29.3 Å². The average molecular weight is 1030 g/mol. The molecule has 0 spiro atoms. The summed E-state index contributed by atoms with van der Waals surface area (Å²) in [5, 5.41) is 41.0. The Morgan fingerprint density at radius 1 is 0.400 bits per heavy atom. The van der Waals surface area contributed by atoms with E-state index in [2.05, 4.69) is 29.7 Å². The Morgan fingerprint density at radius 2 is 0.653 bits per heavy atom. The minimum Gasteiger partial charge on any atom is -0.496 e. The molecule has 4 heterocycles. The van der Waals surface area contributed by atoms with Crippen LogP contribution in [0.25, 0.3) is 33.4 Å². The third kappa shape index (κ3) is 12.8. The van der Waals surface area contributed by atoms with Crippen LogP contribution in [0.15, 0.2) is 72.8 Å². The van der Waals surface area contributed by atoms with Gasteiger partial charge in [0.2, 0.25) is 0 Å². The zero-order chi connectivity index (χ0) is 53.9. The number of ether oxygens (including phenoxy) is 8. The van der Waals surface area contributed by atoms with Gasteiger partial charge in [0.25, 0.3) is 0 Å². The summed E-state index contributed by atoms with van der Waals surface area (Å²) in [6.07, 6.45) is 0. The standard InChI is InChI=1S/C54H60N6O15/c1-68-38-23-45(72-5)50(46(24-38)73-6)33-18-36(56-41(21-33)53(64)65)28-59-11-9-58(27-35-17-32(20-40(55-35)52(62)63)49-43(70-3)15-31(30-61)16-44(49)71-4)10-12-60(14-13-59)29-37-19-34(22-42(57-37)54(66)67)51-47(74-7)25-39(69-2)26-48(51)75-8/h15-26,61H,9-14,27-30H2,1-8H3,(H,62,63)(H,64,65)(H,66,67). The molecule has 396 valence electrons. The Bertz CT molecular complexity index is 2650. The number of nitrogens with zero attached hydrogens (tertiary/aromatic N) is 6. The first-order valence-electron chi connectivity index (χ1n) is 23.5. The molecule has 21 nitrogen and oxygen atoms in total. The molecule has 0 atom stereocenters. The van der Waals surface area contributed by atoms with Crippen LogP contribution in [0.2, 0.25) is 0 Å². The lowest BCUT2D eigenvalue weighted by atomic mass is 10.00. The molecule has 3 aromatic heterocycles. The van der Waals surface area contributed by atoms with Gasteiger partial charge >= 0.3 is 17.9 Å². The number of hydrogen-bond donors (Lipinski definition) is 4. The zero-order valence-corrected chi connectivity index (χ0v) is 43.0. The molecular weight excluding hydrogens is 973 g/mol. The molecule has 75 heavy (non-hydrogen) atoms. The van der Waals surface area contributed by atoms with Gasteiger partial charge in [0, 0.05) is 83.2 Å². The molecule has 0 amide bonds. The molecule has 0 aliphatic carbocycles. The second-order valence-corrected chi connectivity index (χ2v) is 17.3. The minimum atomic E-state index is -1.24. The summed E-state index contributed by atoms with van der Waals surface area (Å²) in [5.41, 5.74) is 4.20. The fourth-order valence-corrected chi connectivity index (χ4v) is 9.04. The molecular formula is C54H60N6O15. The monoisotopic (exact) mass is 1030 g/mol. The van der Waals surface area contributed by atoms with Gasteiger partial charge in [-0.3, -0.25) is 14.7 Å². The second-order valence-electron chi connectivity index (χ2n) is 17.3. The van der Waals surface area contributed by atoms with E-state index in [1.807, 2.05) is 0 Å². The number of aromatic nitrogens is 3. The van der Waals surface area contributed by atoms with E-state index >= 15 is 0 Å². The smallest absolute Gasteiger partial charge is 0.354 e. The lowest BCUT2D eigenvalue weighted by molar-refractivity contribution is 0.0679. The number of benzene rings is 3. The number of pyridine rings is 3. The molecule has 1 aliphatic rings. The van der Waals surface area contributed by atoms with Crippen LogP contribution < -0.4 is 37.9 Å². The first-order chi connectivity index (χ1) is 36.1. The predicted molar refractivity (Wildman–Crippen MR) is 274 cm³/mol. The number of methoxy groups -OCH3 is 8. The van der Waals surface area contributed by atoms with Crippen LogP contribution in [-0.2, 0) is 26.2 Å². The molecule has 0 saturated carbocycles. The van der Waals surface area contributed by atoms with E-state index in [9.17, 15) is 34.8 Å². The summed E-state index contributed by atoms with van der Waals surface area (Å²) in [7, 11) is 12.0. The van der Waals surface area contributed by atoms with Crippen molar-refractivity contribution >= 4 is 17.9 Å². The first-order valence-corrected chi connectivity index (χ1v) is 23.5. The van der Waals surface area contributed by atoms with Gasteiger partial charge < -0.3 is 58.3 Å². The number of carboxylic acids is 3. The highest BCUT2D eigenvalue weighted by Gasteiger charge is 2.26. The van der Waals surface area contributed by atoms with Crippen molar-refractivity contribution in [2.45, 2.75) is 26.2 Å². The summed E-state index contributed by atoms with van der Waals surface area (Å²) in [5.74, 6) is -0.466. The molecule has 1 aliphatic heterocycles. The molecule has 21 heteroatoms. The van der Waals surface area contributed by atoms with Crippen molar-refractivity contribution in [1.29, 1.82) is 0 Å². The maximum Gasteiger partial charge on any atom is 0.354 e. The summed E-state index contributed by atoms with van der Waals surface area (Å²) >= 11 is 0. The number of hydrogen-bond acceptors (Lipinski definition) is 18. The summed E-state index contributed by atoms with van der Waals surface area (Å²) in [6.45, 7) is 2.99. The van der Waals surface area contributed by atoms with Crippen LogP contribution in [0.3, 0.4) is 0 Å². The number of carboxylic acid groups (broad SMARTS) is 3. The molecule has 3 aromatic carbocycles. The van der Waals surface area contributed by atoms with Crippen molar-refractivity contribution in [2.24, 2.45) is 0 Å². The Kier molecular flexibility index (Phi) is 17.9. The topological polar surface area (TPSA) is 254 Å². The van der Waals surface area contributed by atoms with Crippen molar-refractivity contribution in [3.63, 3.8) is 0 Å². The molecule has 0 radical (unpaired) electrons. The SMILES string of the molecule is COc1cc(OC)c(-c2cc(CN3CCN(Cc4cc(-c5c(OC)cc(CO)cc5OC)cc(C(=O)O)n4)CCN(Cc4cc(-c5c(OC)cc(OC)cc5OC)cc(C(=O)O)n4)CC3)nc(C(=O)O)c2)c(OC)c1. The normalized spacial score (nSPS) is 13.5. The van der Waals surface area contributed by atoms with Crippen LogP contribution in [0, 0.1) is 0 Å². The largest absolute Gasteiger partial charge is 0.496 e. The van der Waals surface area contributed by atoms with Crippen molar-refractivity contribution in [3.05, 3.63) is 113 Å². The number of aliphatic hydroxyl groups is 1. The van der Waals surface area contributed by atoms with E-state index in [4.69, 9.17) is 37.9 Å². The summed E-state index contributed by atoms with van der Waals surface area (Å²) < 4.78 is 45.4. The number of aromatic carboxylic acids is 3. The van der Waals surface area contributed by atoms with Crippen molar-refractivity contribution in [1.82, 2.24) is 29.7 Å². The number of carbonyl (C=O) groups is 3. The highest BCUT2D eigenvalue weighted by atomic mass is 16.5. The van der Waals surface area contributed by atoms with E-state index < -0.39 is 17.9 Å². The predicted octanol–water partition coefficient (Wildman–Crippen LogP) is 6.35. The first kappa shape index (κ1) is 54.5. The quantitative estimate of drug-likeness (QED) is 0.0613. The molecule has 6 aromatic rings. The minimum absolute atomic E-state index is 0.192. The Hall–Kier alpha value is -8.24. The third-order valence-corrected chi connectivity index (χ3v) is 12.7. The lowest BCUT2D eigenvalue weighted by Gasteiger charge is -2.26. The van der Waals surface area contributed by atoms with Gasteiger partial charge in [0.15, 0.2) is 0 Å². The van der Waals surface area contributed by atoms with Crippen LogP contribution in [0.4, 0.5) is 0 Å². The molecule has 1 saturated heterocycles. The molecule has 4 N–H and O–H groups in total. The highest BCUT2D eigenvalue weighted by molar-refractivity contribution is 5.91. The maximum atomic E-state index is 12.7. The second kappa shape index (κ2) is 24.7. The molecule has 0 bridgehead atoms. The molecule has 7 rings (SSSR count). The van der Waals surface area contributed by atoms with E-state index in [1.165, 1.54) is 75.1 Å². The van der Waals surface area contributed by atoms with E-state index in [0.29, 0.717) is 141 Å². The van der Waals surface area contributed by atoms with Gasteiger partial charge in [-0.15, -0.1) is 0 Å². The summed E-state index contributed by atoms with van der Waals surface area (Å²) in [6, 6.07) is 19.8.